The highest BCUT2D eigenvalue weighted by atomic mass is 32.1. The van der Waals surface area contributed by atoms with E-state index in [9.17, 15) is 4.79 Å². The second kappa shape index (κ2) is 11.8. The van der Waals surface area contributed by atoms with Crippen LogP contribution < -0.4 is 5.32 Å². The molecule has 4 nitrogen and oxygen atoms in total. The van der Waals surface area contributed by atoms with Gasteiger partial charge in [0.2, 0.25) is 0 Å². The van der Waals surface area contributed by atoms with E-state index in [-0.39, 0.29) is 17.0 Å². The zero-order valence-electron chi connectivity index (χ0n) is 22.3. The average Bonchev–Trinajstić information content (AvgIpc) is 3.64. The number of hydrogen-bond donors (Lipinski definition) is 1. The van der Waals surface area contributed by atoms with E-state index in [0.717, 1.165) is 26.0 Å². The number of carbonyl (C=O) groups excluding carboxylic acids is 1. The summed E-state index contributed by atoms with van der Waals surface area (Å²) in [6, 6.07) is 18.4. The number of amides is 1. The van der Waals surface area contributed by atoms with E-state index < -0.39 is 8.32 Å². The summed E-state index contributed by atoms with van der Waals surface area (Å²) in [7, 11) is -1.72. The molecule has 1 fully saturated rings. The maximum absolute atomic E-state index is 12.8. The summed E-state index contributed by atoms with van der Waals surface area (Å²) in [6.07, 6.45) is 4.28. The van der Waals surface area contributed by atoms with Gasteiger partial charge in [-0.1, -0.05) is 70.2 Å². The van der Waals surface area contributed by atoms with Crippen LogP contribution in [0, 0.1) is 5.92 Å². The Morgan fingerprint density at radius 1 is 1.11 bits per heavy atom. The lowest BCUT2D eigenvalue weighted by Gasteiger charge is -2.36. The lowest BCUT2D eigenvalue weighted by Crippen LogP contribution is -2.45. The van der Waals surface area contributed by atoms with E-state index in [2.05, 4.69) is 75.3 Å². The minimum absolute atomic E-state index is 0.150. The Kier molecular flexibility index (Phi) is 9.30. The number of hydrogen-bond acceptors (Lipinski definition) is 3. The SMILES string of the molecule is CCCN(C(=S)NC(=O)c1ccccc1)C(c1ccc(CCO[Si](C)(C)C(C)(C)C)cc1)C1CC1. The van der Waals surface area contributed by atoms with Gasteiger partial charge in [0, 0.05) is 18.7 Å². The molecule has 1 aliphatic rings. The van der Waals surface area contributed by atoms with Gasteiger partial charge in [0.1, 0.15) is 0 Å². The smallest absolute Gasteiger partial charge is 0.257 e. The summed E-state index contributed by atoms with van der Waals surface area (Å²) in [5.41, 5.74) is 3.19. The molecule has 1 N–H and O–H groups in total. The first-order valence-electron chi connectivity index (χ1n) is 12.9. The second-order valence-electron chi connectivity index (χ2n) is 11.2. The van der Waals surface area contributed by atoms with Crippen LogP contribution in [-0.2, 0) is 10.8 Å². The van der Waals surface area contributed by atoms with Crippen LogP contribution in [-0.4, -0.2) is 37.4 Å². The number of rotatable bonds is 10. The Morgan fingerprint density at radius 2 is 1.74 bits per heavy atom. The van der Waals surface area contributed by atoms with Crippen LogP contribution in [0.25, 0.3) is 0 Å². The molecule has 6 heteroatoms. The van der Waals surface area contributed by atoms with Gasteiger partial charge in [-0.2, -0.15) is 0 Å². The molecule has 1 atom stereocenters. The average molecular weight is 511 g/mol. The first-order valence-corrected chi connectivity index (χ1v) is 16.2. The molecule has 0 saturated heterocycles. The van der Waals surface area contributed by atoms with Crippen LogP contribution >= 0.6 is 12.2 Å². The Balaban J connectivity index is 1.69. The molecule has 0 radical (unpaired) electrons. The summed E-state index contributed by atoms with van der Waals surface area (Å²) in [5.74, 6) is 0.421. The Labute approximate surface area is 218 Å². The number of nitrogens with one attached hydrogen (secondary N) is 1. The number of carbonyl (C=O) groups is 1. The topological polar surface area (TPSA) is 41.6 Å². The maximum Gasteiger partial charge on any atom is 0.257 e. The van der Waals surface area contributed by atoms with Gasteiger partial charge in [0.25, 0.3) is 5.91 Å². The molecule has 1 aliphatic carbocycles. The fourth-order valence-corrected chi connectivity index (χ4v) is 5.42. The predicted octanol–water partition coefficient (Wildman–Crippen LogP) is 7.13. The van der Waals surface area contributed by atoms with Crippen molar-refractivity contribution in [3.8, 4) is 0 Å². The van der Waals surface area contributed by atoms with E-state index in [1.807, 2.05) is 30.3 Å². The van der Waals surface area contributed by atoms with Gasteiger partial charge in [0.05, 0.1) is 6.04 Å². The standard InChI is InChI=1S/C29H42N2O2SSi/c1-7-20-31(28(34)30-27(32)25-11-9-8-10-12-25)26(24-17-18-24)23-15-13-22(14-16-23)19-21-33-35(5,6)29(2,3)4/h8-16,24,26H,7,17-21H2,1-6H3,(H,30,32,34). The van der Waals surface area contributed by atoms with Crippen molar-refractivity contribution in [1.82, 2.24) is 10.2 Å². The molecule has 0 heterocycles. The quantitative estimate of drug-likeness (QED) is 0.273. The van der Waals surface area contributed by atoms with Crippen molar-refractivity contribution in [1.29, 1.82) is 0 Å². The monoisotopic (exact) mass is 510 g/mol. The van der Waals surface area contributed by atoms with E-state index in [1.54, 1.807) is 0 Å². The van der Waals surface area contributed by atoms with Gasteiger partial charge >= 0.3 is 0 Å². The molecular formula is C29H42N2O2SSi. The lowest BCUT2D eigenvalue weighted by molar-refractivity contribution is 0.0970. The molecule has 35 heavy (non-hydrogen) atoms. The molecule has 1 saturated carbocycles. The number of nitrogens with zero attached hydrogens (tertiary/aromatic N) is 1. The Morgan fingerprint density at radius 3 is 2.29 bits per heavy atom. The van der Waals surface area contributed by atoms with Gasteiger partial charge in [-0.25, -0.2) is 0 Å². The highest BCUT2D eigenvalue weighted by Gasteiger charge is 2.38. The number of thiocarbonyl (C=S) groups is 1. The van der Waals surface area contributed by atoms with Crippen LogP contribution in [0.5, 0.6) is 0 Å². The van der Waals surface area contributed by atoms with E-state index >= 15 is 0 Å². The highest BCUT2D eigenvalue weighted by Crippen LogP contribution is 2.45. The van der Waals surface area contributed by atoms with E-state index in [4.69, 9.17) is 16.6 Å². The van der Waals surface area contributed by atoms with Crippen molar-refractivity contribution < 1.29 is 9.22 Å². The van der Waals surface area contributed by atoms with E-state index in [0.29, 0.717) is 16.6 Å². The molecule has 1 amide bonds. The largest absolute Gasteiger partial charge is 0.416 e. The fourth-order valence-electron chi connectivity index (χ4n) is 4.08. The van der Waals surface area contributed by atoms with Crippen LogP contribution in [0.3, 0.4) is 0 Å². The first-order chi connectivity index (χ1) is 16.5. The molecule has 3 rings (SSSR count). The minimum atomic E-state index is -1.72. The second-order valence-corrected chi connectivity index (χ2v) is 16.4. The van der Waals surface area contributed by atoms with Gasteiger partial charge in [-0.05, 0) is 85.2 Å². The van der Waals surface area contributed by atoms with Gasteiger partial charge in [-0.3, -0.25) is 10.1 Å². The molecule has 0 bridgehead atoms. The fraction of sp³-hybridized carbons (Fsp3) is 0.517. The normalized spacial score (nSPS) is 14.9. The molecule has 2 aromatic rings. The summed E-state index contributed by atoms with van der Waals surface area (Å²) in [4.78, 5) is 15.0. The summed E-state index contributed by atoms with van der Waals surface area (Å²) in [5, 5.41) is 3.73. The van der Waals surface area contributed by atoms with Crippen LogP contribution in [0.4, 0.5) is 0 Å². The molecular weight excluding hydrogens is 468 g/mol. The third-order valence-electron chi connectivity index (χ3n) is 7.37. The minimum Gasteiger partial charge on any atom is -0.416 e. The number of benzene rings is 2. The molecule has 0 spiro atoms. The third kappa shape index (κ3) is 7.48. The van der Waals surface area contributed by atoms with Crippen LogP contribution in [0.15, 0.2) is 54.6 Å². The van der Waals surface area contributed by atoms with Crippen molar-refractivity contribution >= 4 is 31.6 Å². The third-order valence-corrected chi connectivity index (χ3v) is 12.2. The van der Waals surface area contributed by atoms with E-state index in [1.165, 1.54) is 24.0 Å². The van der Waals surface area contributed by atoms with Crippen molar-refractivity contribution in [2.24, 2.45) is 5.92 Å². The van der Waals surface area contributed by atoms with Gasteiger partial charge < -0.3 is 9.33 Å². The maximum atomic E-state index is 12.8. The van der Waals surface area contributed by atoms with Crippen molar-refractivity contribution in [2.45, 2.75) is 77.6 Å². The summed E-state index contributed by atoms with van der Waals surface area (Å²) >= 11 is 5.77. The molecule has 0 aromatic heterocycles. The molecule has 190 valence electrons. The van der Waals surface area contributed by atoms with Crippen molar-refractivity contribution in [3.05, 3.63) is 71.3 Å². The van der Waals surface area contributed by atoms with Gasteiger partial charge in [0.15, 0.2) is 13.4 Å². The van der Waals surface area contributed by atoms with Crippen LogP contribution in [0.1, 0.15) is 74.5 Å². The summed E-state index contributed by atoms with van der Waals surface area (Å²) < 4.78 is 6.37. The molecule has 2 aromatic carbocycles. The van der Waals surface area contributed by atoms with Crippen LogP contribution in [0.2, 0.25) is 18.1 Å². The van der Waals surface area contributed by atoms with Gasteiger partial charge in [-0.15, -0.1) is 0 Å². The van der Waals surface area contributed by atoms with Crippen molar-refractivity contribution in [2.75, 3.05) is 13.2 Å². The summed E-state index contributed by atoms with van der Waals surface area (Å²) in [6.45, 7) is 15.2. The Hall–Kier alpha value is -2.02. The molecule has 0 aliphatic heterocycles. The molecule has 1 unspecified atom stereocenters. The predicted molar refractivity (Wildman–Crippen MR) is 152 cm³/mol. The zero-order valence-corrected chi connectivity index (χ0v) is 24.1. The first kappa shape index (κ1) is 27.6. The Bertz CT molecular complexity index is 982. The zero-order chi connectivity index (χ0) is 25.6. The lowest BCUT2D eigenvalue weighted by atomic mass is 9.98. The highest BCUT2D eigenvalue weighted by molar-refractivity contribution is 7.80. The van der Waals surface area contributed by atoms with Crippen molar-refractivity contribution in [3.63, 3.8) is 0 Å².